The highest BCUT2D eigenvalue weighted by Crippen LogP contribution is 2.05. The van der Waals surface area contributed by atoms with Crippen molar-refractivity contribution in [2.24, 2.45) is 11.5 Å². The minimum atomic E-state index is -1.99. The zero-order valence-corrected chi connectivity index (χ0v) is 36.8. The molecule has 0 aliphatic heterocycles. The Labute approximate surface area is 370 Å². The molecule has 0 radical (unpaired) electrons. The molecule has 0 bridgehead atoms. The second-order valence-corrected chi connectivity index (χ2v) is 13.4. The van der Waals surface area contributed by atoms with Crippen LogP contribution in [0.3, 0.4) is 0 Å². The molecule has 0 saturated heterocycles. The third-order valence-corrected chi connectivity index (χ3v) is 8.26. The van der Waals surface area contributed by atoms with Gasteiger partial charge in [-0.2, -0.15) is 0 Å². The molecule has 24 heteroatoms. The monoisotopic (exact) mass is 923 g/mol. The Kier molecular flexibility index (Phi) is 44.5. The summed E-state index contributed by atoms with van der Waals surface area (Å²) < 4.78 is 65.2. The number of unbranched alkanes of at least 4 members (excludes halogenated alkanes) is 1. The van der Waals surface area contributed by atoms with E-state index >= 15 is 0 Å². The predicted molar refractivity (Wildman–Crippen MR) is 223 cm³/mol. The topological polar surface area (TPSA) is 339 Å². The van der Waals surface area contributed by atoms with E-state index in [1.54, 1.807) is 0 Å². The average Bonchev–Trinajstić information content (AvgIpc) is 3.28. The standard InChI is InChI=1S/C39H78N4O20/c40-32(38(41)50)3-1-2-5-42-34(46)4-7-52-9-11-54-13-15-56-17-19-58-21-23-60-25-27-62-29-30-63-28-26-61-24-22-59-20-18-57-16-14-55-12-10-53-8-6-43-39(51)37(49)36(48)35(47)33(45)31-44/h32-33,35-37,44-45,47-49H,1-31,40H2,(H2,41,50)(H,42,46)(H,43,51)/t32-,33+,35+,36-,37+/m0/s1. The molecule has 3 amide bonds. The van der Waals surface area contributed by atoms with Crippen LogP contribution in [0.4, 0.5) is 0 Å². The third-order valence-electron chi connectivity index (χ3n) is 8.26. The van der Waals surface area contributed by atoms with Crippen molar-refractivity contribution in [2.75, 3.05) is 178 Å². The third kappa shape index (κ3) is 40.9. The summed E-state index contributed by atoms with van der Waals surface area (Å²) >= 11 is 0. The second-order valence-electron chi connectivity index (χ2n) is 13.4. The first-order valence-corrected chi connectivity index (χ1v) is 21.5. The molecule has 0 fully saturated rings. The Balaban J connectivity index is 3.23. The van der Waals surface area contributed by atoms with Crippen LogP contribution in [0.15, 0.2) is 0 Å². The first kappa shape index (κ1) is 60.7. The highest BCUT2D eigenvalue weighted by atomic mass is 16.6. The fourth-order valence-corrected chi connectivity index (χ4v) is 4.66. The number of carbonyl (C=O) groups excluding carboxylic acids is 3. The van der Waals surface area contributed by atoms with Crippen LogP contribution in [-0.4, -0.2) is 252 Å². The van der Waals surface area contributed by atoms with Crippen molar-refractivity contribution < 1.29 is 96.8 Å². The highest BCUT2D eigenvalue weighted by Gasteiger charge is 2.34. The van der Waals surface area contributed by atoms with Gasteiger partial charge < -0.3 is 104 Å². The first-order valence-electron chi connectivity index (χ1n) is 21.5. The Morgan fingerprint density at radius 3 is 1.11 bits per heavy atom. The van der Waals surface area contributed by atoms with E-state index in [0.29, 0.717) is 165 Å². The van der Waals surface area contributed by atoms with Gasteiger partial charge in [0.05, 0.1) is 171 Å². The van der Waals surface area contributed by atoms with E-state index in [2.05, 4.69) is 10.6 Å². The number of hydrogen-bond acceptors (Lipinski definition) is 21. The molecule has 0 aromatic heterocycles. The van der Waals surface area contributed by atoms with Crippen molar-refractivity contribution in [3.63, 3.8) is 0 Å². The van der Waals surface area contributed by atoms with E-state index in [1.807, 2.05) is 0 Å². The normalized spacial score (nSPS) is 14.0. The molecular formula is C39H78N4O20. The number of nitrogens with two attached hydrogens (primary N) is 2. The van der Waals surface area contributed by atoms with E-state index in [0.717, 1.165) is 6.42 Å². The second kappa shape index (κ2) is 46.2. The van der Waals surface area contributed by atoms with E-state index in [-0.39, 0.29) is 32.1 Å². The van der Waals surface area contributed by atoms with Crippen LogP contribution in [0.2, 0.25) is 0 Å². The van der Waals surface area contributed by atoms with E-state index in [9.17, 15) is 34.8 Å². The van der Waals surface area contributed by atoms with Crippen molar-refractivity contribution in [3.05, 3.63) is 0 Å². The molecule has 0 spiro atoms. The van der Waals surface area contributed by atoms with E-state index in [1.165, 1.54) is 0 Å². The number of primary amides is 1. The number of aliphatic hydroxyl groups excluding tert-OH is 5. The fourth-order valence-electron chi connectivity index (χ4n) is 4.66. The molecule has 0 aromatic carbocycles. The van der Waals surface area contributed by atoms with Gasteiger partial charge in [0, 0.05) is 19.5 Å². The molecule has 0 heterocycles. The number of nitrogens with one attached hydrogen (secondary N) is 2. The highest BCUT2D eigenvalue weighted by molar-refractivity contribution is 5.81. The number of ether oxygens (including phenoxy) is 12. The number of aliphatic hydroxyl groups is 5. The predicted octanol–water partition coefficient (Wildman–Crippen LogP) is -4.77. The van der Waals surface area contributed by atoms with E-state index < -0.39 is 48.9 Å². The van der Waals surface area contributed by atoms with Crippen LogP contribution in [0.5, 0.6) is 0 Å². The maximum absolute atomic E-state index is 11.8. The minimum absolute atomic E-state index is 0.0334. The summed E-state index contributed by atoms with van der Waals surface area (Å²) in [6.45, 7) is 9.24. The van der Waals surface area contributed by atoms with Crippen LogP contribution in [0, 0.1) is 0 Å². The van der Waals surface area contributed by atoms with Gasteiger partial charge in [-0.25, -0.2) is 0 Å². The van der Waals surface area contributed by atoms with Crippen LogP contribution in [-0.2, 0) is 71.2 Å². The summed E-state index contributed by atoms with van der Waals surface area (Å²) in [5.74, 6) is -1.57. The van der Waals surface area contributed by atoms with Crippen molar-refractivity contribution in [2.45, 2.75) is 56.1 Å². The van der Waals surface area contributed by atoms with Crippen molar-refractivity contribution in [1.82, 2.24) is 10.6 Å². The van der Waals surface area contributed by atoms with Crippen LogP contribution in [0.25, 0.3) is 0 Å². The van der Waals surface area contributed by atoms with Gasteiger partial charge >= 0.3 is 0 Å². The first-order chi connectivity index (χ1) is 30.6. The number of rotatable bonds is 50. The molecule has 5 atom stereocenters. The molecule has 63 heavy (non-hydrogen) atoms. The number of hydrogen-bond donors (Lipinski definition) is 9. The van der Waals surface area contributed by atoms with Crippen molar-refractivity contribution >= 4 is 17.7 Å². The minimum Gasteiger partial charge on any atom is -0.394 e. The van der Waals surface area contributed by atoms with Crippen LogP contribution >= 0.6 is 0 Å². The molecule has 0 aromatic rings. The van der Waals surface area contributed by atoms with Crippen molar-refractivity contribution in [3.8, 4) is 0 Å². The molecule has 0 unspecified atom stereocenters. The van der Waals surface area contributed by atoms with Gasteiger partial charge in [-0.15, -0.1) is 0 Å². The average molecular weight is 923 g/mol. The Morgan fingerprint density at radius 1 is 0.444 bits per heavy atom. The number of amides is 3. The zero-order valence-electron chi connectivity index (χ0n) is 36.8. The van der Waals surface area contributed by atoms with E-state index in [4.69, 9.17) is 73.4 Å². The quantitative estimate of drug-likeness (QED) is 0.0259. The van der Waals surface area contributed by atoms with Crippen LogP contribution < -0.4 is 22.1 Å². The lowest BCUT2D eigenvalue weighted by atomic mass is 10.0. The molecule has 0 saturated carbocycles. The fraction of sp³-hybridized carbons (Fsp3) is 0.923. The van der Waals surface area contributed by atoms with Crippen molar-refractivity contribution in [1.29, 1.82) is 0 Å². The Hall–Kier alpha value is -2.31. The summed E-state index contributed by atoms with van der Waals surface area (Å²) in [6.07, 6.45) is -5.33. The summed E-state index contributed by atoms with van der Waals surface area (Å²) in [4.78, 5) is 34.5. The number of carbonyl (C=O) groups is 3. The van der Waals surface area contributed by atoms with Gasteiger partial charge in [0.15, 0.2) is 6.10 Å². The molecule has 0 aliphatic rings. The van der Waals surface area contributed by atoms with Gasteiger partial charge in [-0.3, -0.25) is 14.4 Å². The molecule has 0 rings (SSSR count). The molecule has 0 aliphatic carbocycles. The molecular weight excluding hydrogens is 844 g/mol. The van der Waals surface area contributed by atoms with Gasteiger partial charge in [-0.05, 0) is 19.3 Å². The lowest BCUT2D eigenvalue weighted by molar-refractivity contribution is -0.149. The van der Waals surface area contributed by atoms with Gasteiger partial charge in [0.1, 0.15) is 18.3 Å². The summed E-state index contributed by atoms with van der Waals surface area (Å²) in [6, 6.07) is -0.641. The smallest absolute Gasteiger partial charge is 0.251 e. The maximum atomic E-state index is 11.8. The maximum Gasteiger partial charge on any atom is 0.251 e. The molecule has 374 valence electrons. The Bertz CT molecular complexity index is 1040. The molecule has 24 nitrogen and oxygen atoms in total. The summed E-state index contributed by atoms with van der Waals surface area (Å²) in [5.41, 5.74) is 10.7. The molecule has 11 N–H and O–H groups in total. The SMILES string of the molecule is NC(=O)[C@@H](N)CCCCNC(=O)CCOCCOCCOCCOCCOCCOCCOCCOCCOCCOCCOCCOCCNC(=O)[C@H](O)[C@@H](O)[C@H](O)[C@H](O)CO. The van der Waals surface area contributed by atoms with Gasteiger partial charge in [-0.1, -0.05) is 0 Å². The lowest BCUT2D eigenvalue weighted by Gasteiger charge is -2.24. The van der Waals surface area contributed by atoms with Gasteiger partial charge in [0.25, 0.3) is 5.91 Å². The largest absolute Gasteiger partial charge is 0.394 e. The summed E-state index contributed by atoms with van der Waals surface area (Å²) in [5, 5.41) is 52.1. The lowest BCUT2D eigenvalue weighted by Crippen LogP contribution is -2.52. The zero-order chi connectivity index (χ0) is 46.4. The van der Waals surface area contributed by atoms with Gasteiger partial charge in [0.2, 0.25) is 11.8 Å². The Morgan fingerprint density at radius 2 is 0.778 bits per heavy atom. The summed E-state index contributed by atoms with van der Waals surface area (Å²) in [7, 11) is 0. The van der Waals surface area contributed by atoms with Crippen LogP contribution in [0.1, 0.15) is 25.7 Å².